The Morgan fingerprint density at radius 1 is 1.03 bits per heavy atom. The lowest BCUT2D eigenvalue weighted by atomic mass is 10.1. The highest BCUT2D eigenvalue weighted by Gasteiger charge is 2.14. The summed E-state index contributed by atoms with van der Waals surface area (Å²) in [6.45, 7) is 5.44. The number of benzene rings is 2. The lowest BCUT2D eigenvalue weighted by Gasteiger charge is -2.14. The molecule has 172 valence electrons. The largest absolute Gasteiger partial charge is 0.493 e. The summed E-state index contributed by atoms with van der Waals surface area (Å²) in [5, 5.41) is 5.62. The van der Waals surface area contributed by atoms with Gasteiger partial charge in [0.25, 0.3) is 11.8 Å². The van der Waals surface area contributed by atoms with Crippen LogP contribution in [-0.2, 0) is 4.79 Å². The zero-order valence-corrected chi connectivity index (χ0v) is 18.9. The maximum Gasteiger partial charge on any atom is 0.321 e. The number of nitrogens with one attached hydrogen (secondary N) is 2. The number of nitrogens with zero attached hydrogens (tertiary/aromatic N) is 2. The third-order valence-corrected chi connectivity index (χ3v) is 4.43. The van der Waals surface area contributed by atoms with E-state index >= 15 is 0 Å². The van der Waals surface area contributed by atoms with Crippen LogP contribution in [0.3, 0.4) is 0 Å². The Labute approximate surface area is 192 Å². The van der Waals surface area contributed by atoms with E-state index in [0.29, 0.717) is 28.5 Å². The predicted molar refractivity (Wildman–Crippen MR) is 123 cm³/mol. The molecule has 0 saturated carbocycles. The van der Waals surface area contributed by atoms with Gasteiger partial charge in [0.15, 0.2) is 18.1 Å². The molecule has 2 amide bonds. The van der Waals surface area contributed by atoms with E-state index in [-0.39, 0.29) is 30.5 Å². The minimum Gasteiger partial charge on any atom is -0.493 e. The number of ether oxygens (including phenoxy) is 3. The molecule has 9 heteroatoms. The summed E-state index contributed by atoms with van der Waals surface area (Å²) in [7, 11) is 1.47. The molecule has 0 radical (unpaired) electrons. The molecule has 3 aromatic rings. The van der Waals surface area contributed by atoms with E-state index in [0.717, 1.165) is 5.56 Å². The molecule has 0 unspecified atom stereocenters. The SMILES string of the molecule is COc1cc(C(=O)Nc2ccc(Oc3ncccn3)cc2C)ccc1OCC(=O)NC(C)C. The van der Waals surface area contributed by atoms with Crippen molar-refractivity contribution in [1.29, 1.82) is 0 Å². The monoisotopic (exact) mass is 450 g/mol. The van der Waals surface area contributed by atoms with Crippen molar-refractivity contribution in [2.24, 2.45) is 0 Å². The summed E-state index contributed by atoms with van der Waals surface area (Å²) in [4.78, 5) is 32.6. The van der Waals surface area contributed by atoms with Crippen LogP contribution in [0.25, 0.3) is 0 Å². The Bertz CT molecular complexity index is 1120. The van der Waals surface area contributed by atoms with Crippen molar-refractivity contribution in [1.82, 2.24) is 15.3 Å². The van der Waals surface area contributed by atoms with Crippen molar-refractivity contribution in [3.8, 4) is 23.3 Å². The van der Waals surface area contributed by atoms with Crippen molar-refractivity contribution < 1.29 is 23.8 Å². The molecule has 0 aliphatic heterocycles. The molecule has 0 aliphatic rings. The first kappa shape index (κ1) is 23.5. The number of aromatic nitrogens is 2. The number of rotatable bonds is 9. The maximum absolute atomic E-state index is 12.8. The molecule has 1 heterocycles. The van der Waals surface area contributed by atoms with Gasteiger partial charge >= 0.3 is 6.01 Å². The van der Waals surface area contributed by atoms with Crippen LogP contribution in [0.15, 0.2) is 54.9 Å². The first-order valence-corrected chi connectivity index (χ1v) is 10.3. The average molecular weight is 450 g/mol. The van der Waals surface area contributed by atoms with Gasteiger partial charge in [0.05, 0.1) is 7.11 Å². The fraction of sp³-hybridized carbons (Fsp3) is 0.250. The van der Waals surface area contributed by atoms with Crippen LogP contribution < -0.4 is 24.8 Å². The molecule has 33 heavy (non-hydrogen) atoms. The van der Waals surface area contributed by atoms with Crippen molar-refractivity contribution >= 4 is 17.5 Å². The smallest absolute Gasteiger partial charge is 0.321 e. The Kier molecular flexibility index (Phi) is 7.80. The summed E-state index contributed by atoms with van der Waals surface area (Å²) in [6, 6.07) is 12.0. The number of carbonyl (C=O) groups excluding carboxylic acids is 2. The Balaban J connectivity index is 1.66. The summed E-state index contributed by atoms with van der Waals surface area (Å²) in [6.07, 6.45) is 3.18. The second kappa shape index (κ2) is 10.9. The predicted octanol–water partition coefficient (Wildman–Crippen LogP) is 3.74. The molecular weight excluding hydrogens is 424 g/mol. The van der Waals surface area contributed by atoms with Crippen LogP contribution >= 0.6 is 0 Å². The molecule has 3 rings (SSSR count). The fourth-order valence-electron chi connectivity index (χ4n) is 2.91. The molecule has 0 aliphatic carbocycles. The average Bonchev–Trinajstić information content (AvgIpc) is 2.79. The van der Waals surface area contributed by atoms with E-state index in [2.05, 4.69) is 20.6 Å². The topological polar surface area (TPSA) is 112 Å². The number of carbonyl (C=O) groups is 2. The van der Waals surface area contributed by atoms with Crippen LogP contribution in [0.1, 0.15) is 29.8 Å². The molecule has 0 saturated heterocycles. The minimum atomic E-state index is -0.319. The van der Waals surface area contributed by atoms with E-state index in [1.807, 2.05) is 20.8 Å². The molecule has 9 nitrogen and oxygen atoms in total. The maximum atomic E-state index is 12.8. The zero-order chi connectivity index (χ0) is 23.8. The van der Waals surface area contributed by atoms with Gasteiger partial charge in [0.2, 0.25) is 0 Å². The number of aryl methyl sites for hydroxylation is 1. The van der Waals surface area contributed by atoms with Crippen LogP contribution in [0, 0.1) is 6.92 Å². The van der Waals surface area contributed by atoms with Crippen molar-refractivity contribution in [2.45, 2.75) is 26.8 Å². The lowest BCUT2D eigenvalue weighted by Crippen LogP contribution is -2.34. The molecular formula is C24H26N4O5. The fourth-order valence-corrected chi connectivity index (χ4v) is 2.91. The number of hydrogen-bond donors (Lipinski definition) is 2. The Morgan fingerprint density at radius 3 is 2.45 bits per heavy atom. The van der Waals surface area contributed by atoms with E-state index in [1.54, 1.807) is 54.9 Å². The quantitative estimate of drug-likeness (QED) is 0.511. The third-order valence-electron chi connectivity index (χ3n) is 4.43. The molecule has 0 fully saturated rings. The Morgan fingerprint density at radius 2 is 1.79 bits per heavy atom. The highest BCUT2D eigenvalue weighted by atomic mass is 16.5. The second-order valence-electron chi connectivity index (χ2n) is 7.44. The summed E-state index contributed by atoms with van der Waals surface area (Å²) in [5.74, 6) is 0.717. The van der Waals surface area contributed by atoms with Crippen LogP contribution in [-0.4, -0.2) is 41.5 Å². The molecule has 1 aromatic heterocycles. The van der Waals surface area contributed by atoms with Gasteiger partial charge in [-0.15, -0.1) is 0 Å². The Hall–Kier alpha value is -4.14. The van der Waals surface area contributed by atoms with Gasteiger partial charge in [0, 0.05) is 29.7 Å². The number of methoxy groups -OCH3 is 1. The van der Waals surface area contributed by atoms with E-state index < -0.39 is 0 Å². The van der Waals surface area contributed by atoms with Crippen LogP contribution in [0.4, 0.5) is 5.69 Å². The highest BCUT2D eigenvalue weighted by Crippen LogP contribution is 2.29. The summed E-state index contributed by atoms with van der Waals surface area (Å²) < 4.78 is 16.5. The molecule has 0 bridgehead atoms. The summed E-state index contributed by atoms with van der Waals surface area (Å²) in [5.41, 5.74) is 1.81. The van der Waals surface area contributed by atoms with Crippen molar-refractivity contribution in [3.63, 3.8) is 0 Å². The number of amides is 2. The minimum absolute atomic E-state index is 0.0184. The van der Waals surface area contributed by atoms with Gasteiger partial charge < -0.3 is 24.8 Å². The van der Waals surface area contributed by atoms with Crippen LogP contribution in [0.2, 0.25) is 0 Å². The van der Waals surface area contributed by atoms with Gasteiger partial charge in [-0.3, -0.25) is 9.59 Å². The summed E-state index contributed by atoms with van der Waals surface area (Å²) >= 11 is 0. The molecule has 0 spiro atoms. The second-order valence-corrected chi connectivity index (χ2v) is 7.44. The van der Waals surface area contributed by atoms with Gasteiger partial charge in [-0.25, -0.2) is 9.97 Å². The van der Waals surface area contributed by atoms with E-state index in [1.165, 1.54) is 7.11 Å². The first-order valence-electron chi connectivity index (χ1n) is 10.3. The normalized spacial score (nSPS) is 10.5. The van der Waals surface area contributed by atoms with Gasteiger partial charge in [-0.1, -0.05) is 0 Å². The zero-order valence-electron chi connectivity index (χ0n) is 18.9. The number of anilines is 1. The first-order chi connectivity index (χ1) is 15.9. The molecule has 2 aromatic carbocycles. The van der Waals surface area contributed by atoms with Crippen LogP contribution in [0.5, 0.6) is 23.3 Å². The van der Waals surface area contributed by atoms with Gasteiger partial charge in [0.1, 0.15) is 5.75 Å². The number of hydrogen-bond acceptors (Lipinski definition) is 7. The highest BCUT2D eigenvalue weighted by molar-refractivity contribution is 6.05. The molecule has 2 N–H and O–H groups in total. The van der Waals surface area contributed by atoms with Crippen molar-refractivity contribution in [2.75, 3.05) is 19.0 Å². The van der Waals surface area contributed by atoms with E-state index in [9.17, 15) is 9.59 Å². The van der Waals surface area contributed by atoms with Gasteiger partial charge in [-0.05, 0) is 68.8 Å². The van der Waals surface area contributed by atoms with E-state index in [4.69, 9.17) is 14.2 Å². The third kappa shape index (κ3) is 6.67. The molecule has 0 atom stereocenters. The van der Waals surface area contributed by atoms with Gasteiger partial charge in [-0.2, -0.15) is 0 Å². The standard InChI is InChI=1S/C24H26N4O5/c1-15(2)27-22(29)14-32-20-9-6-17(13-21(20)31-4)23(30)28-19-8-7-18(12-16(19)3)33-24-25-10-5-11-26-24/h5-13,15H,14H2,1-4H3,(H,27,29)(H,28,30). The van der Waals surface area contributed by atoms with Crippen molar-refractivity contribution in [3.05, 3.63) is 66.0 Å². The lowest BCUT2D eigenvalue weighted by molar-refractivity contribution is -0.123.